The number of carbonyl (C=O) groups excluding carboxylic acids is 1. The Hall–Kier alpha value is -7.73. The highest BCUT2D eigenvalue weighted by Crippen LogP contribution is 2.41. The molecule has 7 aromatic rings. The third-order valence-electron chi connectivity index (χ3n) is 11.9. The van der Waals surface area contributed by atoms with Crippen LogP contribution >= 0.6 is 0 Å². The van der Waals surface area contributed by atoms with Gasteiger partial charge in [-0.2, -0.15) is 137 Å². The van der Waals surface area contributed by atoms with E-state index in [-0.39, 0.29) is 12.3 Å². The molecular formula is C50H25BF24N2O. The lowest BCUT2D eigenvalue weighted by Gasteiger charge is -2.46. The zero-order valence-electron chi connectivity index (χ0n) is 37.9. The lowest BCUT2D eigenvalue weighted by atomic mass is 9.12. The number of benzene rings is 6. The van der Waals surface area contributed by atoms with Gasteiger partial charge in [0.25, 0.3) is 0 Å². The number of carbonyl (C=O) groups is 1. The Labute approximate surface area is 421 Å². The Bertz CT molecular complexity index is 2970. The molecule has 6 aromatic carbocycles. The van der Waals surface area contributed by atoms with Crippen molar-refractivity contribution < 1.29 is 115 Å². The van der Waals surface area contributed by atoms with E-state index in [0.29, 0.717) is 11.1 Å². The number of ketones is 1. The van der Waals surface area contributed by atoms with Crippen LogP contribution in [0.3, 0.4) is 0 Å². The summed E-state index contributed by atoms with van der Waals surface area (Å²) in [7, 11) is 0. The van der Waals surface area contributed by atoms with Crippen molar-refractivity contribution in [2.75, 3.05) is 0 Å². The van der Waals surface area contributed by atoms with E-state index in [1.165, 1.54) is 0 Å². The zero-order chi connectivity index (χ0) is 58.6. The first kappa shape index (κ1) is 59.5. The summed E-state index contributed by atoms with van der Waals surface area (Å²) >= 11 is 0. The van der Waals surface area contributed by atoms with Crippen LogP contribution in [0.1, 0.15) is 60.4 Å². The van der Waals surface area contributed by atoms with Crippen molar-refractivity contribution in [3.8, 4) is 6.07 Å². The maximum atomic E-state index is 14.2. The number of fused-ring (bicyclic) bond motifs is 1. The Morgan fingerprint density at radius 2 is 0.679 bits per heavy atom. The minimum absolute atomic E-state index is 0.0671. The predicted octanol–water partition coefficient (Wildman–Crippen LogP) is 14.1. The first-order valence-electron chi connectivity index (χ1n) is 21.3. The molecular weight excluding hydrogens is 1110 g/mol. The highest BCUT2D eigenvalue weighted by Gasteiger charge is 2.47. The zero-order valence-corrected chi connectivity index (χ0v) is 37.9. The van der Waals surface area contributed by atoms with E-state index in [0.717, 1.165) is 10.9 Å². The summed E-state index contributed by atoms with van der Waals surface area (Å²) in [5.74, 6) is 0.0671. The van der Waals surface area contributed by atoms with E-state index in [9.17, 15) is 110 Å². The van der Waals surface area contributed by atoms with Crippen LogP contribution in [0.15, 0.2) is 140 Å². The molecule has 28 heteroatoms. The number of hydrogen-bond acceptors (Lipinski definition) is 2. The Morgan fingerprint density at radius 1 is 0.385 bits per heavy atom. The predicted molar refractivity (Wildman–Crippen MR) is 230 cm³/mol. The summed E-state index contributed by atoms with van der Waals surface area (Å²) in [6, 6.07) is 11.9. The molecule has 0 N–H and O–H groups in total. The molecule has 0 spiro atoms. The summed E-state index contributed by atoms with van der Waals surface area (Å²) < 4.78 is 343. The van der Waals surface area contributed by atoms with Gasteiger partial charge in [0.2, 0.25) is 17.8 Å². The van der Waals surface area contributed by atoms with Crippen LogP contribution in [-0.4, -0.2) is 11.9 Å². The molecule has 0 aliphatic rings. The molecule has 0 amide bonds. The van der Waals surface area contributed by atoms with Crippen LogP contribution in [0.25, 0.3) is 10.9 Å². The van der Waals surface area contributed by atoms with Gasteiger partial charge >= 0.3 is 49.4 Å². The summed E-state index contributed by atoms with van der Waals surface area (Å²) in [5.41, 5.74) is -27.9. The number of rotatable bonds is 7. The molecule has 0 saturated carbocycles. The van der Waals surface area contributed by atoms with Gasteiger partial charge in [0.15, 0.2) is 6.20 Å². The van der Waals surface area contributed by atoms with E-state index in [1.807, 2.05) is 65.4 Å². The van der Waals surface area contributed by atoms with Gasteiger partial charge in [0.05, 0.1) is 56.1 Å². The van der Waals surface area contributed by atoms with E-state index in [1.54, 1.807) is 6.07 Å². The van der Waals surface area contributed by atoms with Crippen LogP contribution in [0.2, 0.25) is 0 Å². The average molecular weight is 1140 g/mol. The Balaban J connectivity index is 0.000000387. The Kier molecular flexibility index (Phi) is 15.7. The first-order valence-corrected chi connectivity index (χ1v) is 21.3. The molecule has 0 aliphatic carbocycles. The fourth-order valence-corrected chi connectivity index (χ4v) is 8.43. The molecule has 0 fully saturated rings. The summed E-state index contributed by atoms with van der Waals surface area (Å²) in [5, 5.41) is 9.91. The van der Waals surface area contributed by atoms with Crippen molar-refractivity contribution >= 4 is 44.7 Å². The van der Waals surface area contributed by atoms with Crippen LogP contribution in [0, 0.1) is 11.3 Å². The topological polar surface area (TPSA) is 44.7 Å². The molecule has 0 atom stereocenters. The van der Waals surface area contributed by atoms with Crippen molar-refractivity contribution in [1.82, 2.24) is 0 Å². The number of halogens is 24. The van der Waals surface area contributed by atoms with Crippen molar-refractivity contribution in [2.24, 2.45) is 0 Å². The van der Waals surface area contributed by atoms with Crippen LogP contribution in [0.5, 0.6) is 0 Å². The second-order valence-electron chi connectivity index (χ2n) is 17.0. The van der Waals surface area contributed by atoms with Crippen molar-refractivity contribution in [3.05, 3.63) is 195 Å². The van der Waals surface area contributed by atoms with Crippen molar-refractivity contribution in [3.63, 3.8) is 0 Å². The van der Waals surface area contributed by atoms with Crippen LogP contribution in [0.4, 0.5) is 105 Å². The maximum absolute atomic E-state index is 14.2. The number of nitrogens with zero attached hydrogens (tertiary/aromatic N) is 2. The van der Waals surface area contributed by atoms with Gasteiger partial charge in [-0.15, -0.1) is 0 Å². The van der Waals surface area contributed by atoms with Crippen LogP contribution < -0.4 is 26.4 Å². The molecule has 0 unspecified atom stereocenters. The molecule has 78 heavy (non-hydrogen) atoms. The van der Waals surface area contributed by atoms with Gasteiger partial charge in [0.1, 0.15) is 6.15 Å². The molecule has 0 bridgehead atoms. The largest absolute Gasteiger partial charge is 0.416 e. The lowest BCUT2D eigenvalue weighted by Crippen LogP contribution is -2.75. The maximum Gasteiger partial charge on any atom is 0.416 e. The minimum atomic E-state index is -6.13. The summed E-state index contributed by atoms with van der Waals surface area (Å²) in [6.07, 6.45) is -52.9. The standard InChI is InChI=1S/C32H12BF24.C18H13N2O/c34-25(35,36)13-1-14(26(37,38)39)6-21(5-13)33(22-7-15(27(40,41)42)2-16(8-22)28(43,44)45,23-9-17(29(46,47)48)3-18(10-23)30(49,50)51)24-11-19(31(52,53)54)4-20(12-24)32(55,56)57;19-12-14-8-9-17-16(11-14)7-4-10-20(17)13-18(21)15-5-2-1-3-6-15/h1-12H;1-11H,13H2/q-1;+1. The Morgan fingerprint density at radius 3 is 0.949 bits per heavy atom. The third kappa shape index (κ3) is 13.2. The van der Waals surface area contributed by atoms with Crippen molar-refractivity contribution in [1.29, 1.82) is 5.26 Å². The molecule has 0 aliphatic heterocycles. The van der Waals surface area contributed by atoms with Gasteiger partial charge < -0.3 is 0 Å². The number of aromatic nitrogens is 1. The number of nitriles is 1. The number of pyridine rings is 1. The quantitative estimate of drug-likeness (QED) is 0.0691. The molecule has 1 heterocycles. The average Bonchev–Trinajstić information content (AvgIpc) is 3.36. The normalized spacial score (nSPS) is 13.2. The van der Waals surface area contributed by atoms with Crippen molar-refractivity contribution in [2.45, 2.75) is 56.0 Å². The summed E-state index contributed by atoms with van der Waals surface area (Å²) in [6.45, 7) is 0.285. The fourth-order valence-electron chi connectivity index (χ4n) is 8.43. The molecule has 3 nitrogen and oxygen atoms in total. The second-order valence-corrected chi connectivity index (χ2v) is 17.0. The van der Waals surface area contributed by atoms with E-state index in [2.05, 4.69) is 6.07 Å². The van der Waals surface area contributed by atoms with Gasteiger partial charge in [-0.25, -0.2) is 0 Å². The van der Waals surface area contributed by atoms with Crippen LogP contribution in [-0.2, 0) is 56.0 Å². The smallest absolute Gasteiger partial charge is 0.287 e. The fraction of sp³-hybridized carbons (Fsp3) is 0.180. The molecule has 0 saturated heterocycles. The molecule has 0 radical (unpaired) electrons. The van der Waals surface area contributed by atoms with E-state index < -0.39 is 195 Å². The van der Waals surface area contributed by atoms with Gasteiger partial charge in [-0.05, 0) is 42.5 Å². The summed E-state index contributed by atoms with van der Waals surface area (Å²) in [4.78, 5) is 12.3. The lowest BCUT2D eigenvalue weighted by molar-refractivity contribution is -0.657. The number of Topliss-reactive ketones (excluding diaryl/α,β-unsaturated/α-hetero) is 1. The van der Waals surface area contributed by atoms with E-state index in [4.69, 9.17) is 5.26 Å². The number of alkyl halides is 24. The second kappa shape index (κ2) is 20.6. The minimum Gasteiger partial charge on any atom is -0.287 e. The molecule has 7 rings (SSSR count). The monoisotopic (exact) mass is 1140 g/mol. The van der Waals surface area contributed by atoms with E-state index >= 15 is 0 Å². The van der Waals surface area contributed by atoms with Gasteiger partial charge in [-0.1, -0.05) is 78.9 Å². The highest BCUT2D eigenvalue weighted by molar-refractivity contribution is 7.20. The number of hydrogen-bond donors (Lipinski definition) is 0. The third-order valence-corrected chi connectivity index (χ3v) is 11.9. The molecule has 412 valence electrons. The highest BCUT2D eigenvalue weighted by atomic mass is 19.4. The van der Waals surface area contributed by atoms with Gasteiger partial charge in [-0.3, -0.25) is 4.79 Å². The van der Waals surface area contributed by atoms with Gasteiger partial charge in [0, 0.05) is 23.1 Å². The SMILES string of the molecule is FC(F)(F)c1cc([B-](c2cc(C(F)(F)F)cc(C(F)(F)F)c2)(c2cc(C(F)(F)F)cc(C(F)(F)F)c2)c2cc(C(F)(F)F)cc(C(F)(F)F)c2)cc(C(F)(F)F)c1.N#Cc1ccc2c(ccc[n+]2CC(=O)c2ccccc2)c1. The molecule has 1 aromatic heterocycles. The first-order chi connectivity index (χ1) is 35.5.